The summed E-state index contributed by atoms with van der Waals surface area (Å²) in [6, 6.07) is 10.6. The Morgan fingerprint density at radius 1 is 1.12 bits per heavy atom. The van der Waals surface area contributed by atoms with Crippen molar-refractivity contribution in [2.45, 2.75) is 4.90 Å². The number of halogens is 3. The highest BCUT2D eigenvalue weighted by Gasteiger charge is 2.22. The lowest BCUT2D eigenvalue weighted by Gasteiger charge is -2.16. The van der Waals surface area contributed by atoms with E-state index >= 15 is 0 Å². The van der Waals surface area contributed by atoms with Gasteiger partial charge in [-0.15, -0.1) is 0 Å². The van der Waals surface area contributed by atoms with Crippen LogP contribution < -0.4 is 5.43 Å². The maximum Gasteiger partial charge on any atom is 0.255 e. The average molecular weight is 435 g/mol. The van der Waals surface area contributed by atoms with Crippen LogP contribution in [0, 0.1) is 0 Å². The summed E-state index contributed by atoms with van der Waals surface area (Å²) in [4.78, 5) is 12.0. The van der Waals surface area contributed by atoms with Crippen LogP contribution in [0.1, 0.15) is 5.56 Å². The van der Waals surface area contributed by atoms with E-state index in [1.54, 1.807) is 18.2 Å². The first-order valence-corrected chi connectivity index (χ1v) is 9.77. The third-order valence-corrected chi connectivity index (χ3v) is 6.00. The molecule has 2 aromatic carbocycles. The van der Waals surface area contributed by atoms with Gasteiger partial charge in [-0.25, -0.2) is 13.8 Å². The number of hydrogen-bond acceptors (Lipinski definition) is 4. The maximum atomic E-state index is 12.4. The van der Waals surface area contributed by atoms with Gasteiger partial charge < -0.3 is 0 Å². The number of likely N-dealkylation sites (N-methyl/N-ethyl adjacent to an activating group) is 1. The number of nitrogens with zero attached hydrogens (tertiary/aromatic N) is 2. The standard InChI is InChI=1S/C16H14Cl3N3O3S/c1-22(26(24,25)12-7-5-11(17)6-8-12)10-16(23)21-20-9-13-14(18)3-2-4-15(13)19/h2-9H,10H2,1H3,(H,21,23)/b20-9-. The Morgan fingerprint density at radius 3 is 2.27 bits per heavy atom. The van der Waals surface area contributed by atoms with Gasteiger partial charge in [-0.3, -0.25) is 4.79 Å². The fourth-order valence-corrected chi connectivity index (χ4v) is 3.66. The number of rotatable bonds is 6. The van der Waals surface area contributed by atoms with Crippen LogP contribution in [0.3, 0.4) is 0 Å². The molecule has 0 heterocycles. The molecule has 1 amide bonds. The minimum absolute atomic E-state index is 0.0311. The Morgan fingerprint density at radius 2 is 1.69 bits per heavy atom. The predicted octanol–water partition coefficient (Wildman–Crippen LogP) is 3.42. The van der Waals surface area contributed by atoms with E-state index in [2.05, 4.69) is 10.5 Å². The van der Waals surface area contributed by atoms with Crippen molar-refractivity contribution in [3.63, 3.8) is 0 Å². The van der Waals surface area contributed by atoms with E-state index in [1.807, 2.05) is 0 Å². The van der Waals surface area contributed by atoms with Gasteiger partial charge in [0.05, 0.1) is 27.7 Å². The van der Waals surface area contributed by atoms with Crippen LogP contribution >= 0.6 is 34.8 Å². The Labute approximate surface area is 166 Å². The van der Waals surface area contributed by atoms with Gasteiger partial charge in [0.2, 0.25) is 10.0 Å². The highest BCUT2D eigenvalue weighted by Crippen LogP contribution is 2.22. The van der Waals surface area contributed by atoms with Crippen LogP contribution in [0.4, 0.5) is 0 Å². The van der Waals surface area contributed by atoms with E-state index < -0.39 is 22.5 Å². The number of sulfonamides is 1. The van der Waals surface area contributed by atoms with Crippen molar-refractivity contribution in [2.24, 2.45) is 5.10 Å². The normalized spacial score (nSPS) is 11.9. The summed E-state index contributed by atoms with van der Waals surface area (Å²) >= 11 is 17.7. The number of nitrogens with one attached hydrogen (secondary N) is 1. The summed E-state index contributed by atoms with van der Waals surface area (Å²) in [7, 11) is -2.53. The highest BCUT2D eigenvalue weighted by molar-refractivity contribution is 7.89. The van der Waals surface area contributed by atoms with E-state index in [1.165, 1.54) is 37.5 Å². The van der Waals surface area contributed by atoms with Crippen molar-refractivity contribution in [3.8, 4) is 0 Å². The minimum atomic E-state index is -3.82. The molecular weight excluding hydrogens is 421 g/mol. The topological polar surface area (TPSA) is 78.8 Å². The highest BCUT2D eigenvalue weighted by atomic mass is 35.5. The summed E-state index contributed by atoms with van der Waals surface area (Å²) in [5.41, 5.74) is 2.68. The molecule has 2 rings (SSSR count). The van der Waals surface area contributed by atoms with Crippen molar-refractivity contribution >= 4 is 56.9 Å². The first kappa shape index (κ1) is 20.7. The van der Waals surface area contributed by atoms with E-state index in [4.69, 9.17) is 34.8 Å². The predicted molar refractivity (Wildman–Crippen MR) is 103 cm³/mol. The van der Waals surface area contributed by atoms with Crippen LogP contribution in [-0.4, -0.2) is 38.4 Å². The second-order valence-corrected chi connectivity index (χ2v) is 8.44. The lowest BCUT2D eigenvalue weighted by Crippen LogP contribution is -2.36. The molecule has 26 heavy (non-hydrogen) atoms. The maximum absolute atomic E-state index is 12.4. The molecule has 0 saturated heterocycles. The molecule has 0 saturated carbocycles. The fraction of sp³-hybridized carbons (Fsp3) is 0.125. The zero-order chi connectivity index (χ0) is 19.3. The molecule has 2 aromatic rings. The fourth-order valence-electron chi connectivity index (χ4n) is 1.91. The average Bonchev–Trinajstić information content (AvgIpc) is 2.58. The van der Waals surface area contributed by atoms with Gasteiger partial charge in [-0.2, -0.15) is 9.41 Å². The van der Waals surface area contributed by atoms with Crippen molar-refractivity contribution < 1.29 is 13.2 Å². The van der Waals surface area contributed by atoms with Crippen LogP contribution in [-0.2, 0) is 14.8 Å². The zero-order valence-corrected chi connectivity index (χ0v) is 16.6. The molecule has 0 aliphatic carbocycles. The molecule has 6 nitrogen and oxygen atoms in total. The van der Waals surface area contributed by atoms with Gasteiger partial charge in [0.15, 0.2) is 0 Å². The first-order valence-electron chi connectivity index (χ1n) is 7.19. The quantitative estimate of drug-likeness (QED) is 0.559. The Hall–Kier alpha value is -1.64. The largest absolute Gasteiger partial charge is 0.272 e. The Bertz CT molecular complexity index is 911. The number of hydrogen-bond donors (Lipinski definition) is 1. The summed E-state index contributed by atoms with van der Waals surface area (Å²) < 4.78 is 25.7. The minimum Gasteiger partial charge on any atom is -0.272 e. The van der Waals surface area contributed by atoms with E-state index in [0.717, 1.165) is 4.31 Å². The van der Waals surface area contributed by atoms with E-state index in [-0.39, 0.29) is 4.90 Å². The first-order chi connectivity index (χ1) is 12.2. The second-order valence-electron chi connectivity index (χ2n) is 5.14. The lowest BCUT2D eigenvalue weighted by atomic mass is 10.2. The monoisotopic (exact) mass is 433 g/mol. The number of carbonyl (C=O) groups is 1. The Kier molecular flexibility index (Phi) is 7.02. The number of carbonyl (C=O) groups excluding carboxylic acids is 1. The molecule has 0 aliphatic rings. The van der Waals surface area contributed by atoms with Crippen molar-refractivity contribution in [3.05, 3.63) is 63.1 Å². The van der Waals surface area contributed by atoms with Crippen LogP contribution in [0.15, 0.2) is 52.5 Å². The molecule has 0 spiro atoms. The number of amides is 1. The van der Waals surface area contributed by atoms with E-state index in [0.29, 0.717) is 20.6 Å². The van der Waals surface area contributed by atoms with Gasteiger partial charge in [-0.1, -0.05) is 40.9 Å². The molecule has 1 N–H and O–H groups in total. The lowest BCUT2D eigenvalue weighted by molar-refractivity contribution is -0.121. The van der Waals surface area contributed by atoms with Crippen LogP contribution in [0.2, 0.25) is 15.1 Å². The second kappa shape index (κ2) is 8.83. The van der Waals surface area contributed by atoms with Crippen molar-refractivity contribution in [2.75, 3.05) is 13.6 Å². The summed E-state index contributed by atoms with van der Waals surface area (Å²) in [6.07, 6.45) is 1.29. The van der Waals surface area contributed by atoms with Crippen molar-refractivity contribution in [1.82, 2.24) is 9.73 Å². The molecule has 0 atom stereocenters. The summed E-state index contributed by atoms with van der Waals surface area (Å²) in [6.45, 7) is -0.418. The molecule has 0 aliphatic heterocycles. The molecule has 0 unspecified atom stereocenters. The van der Waals surface area contributed by atoms with Gasteiger partial charge >= 0.3 is 0 Å². The molecule has 0 fully saturated rings. The number of hydrazone groups is 1. The van der Waals surface area contributed by atoms with Gasteiger partial charge in [-0.05, 0) is 36.4 Å². The SMILES string of the molecule is CN(CC(=O)N/N=C\c1c(Cl)cccc1Cl)S(=O)(=O)c1ccc(Cl)cc1. The summed E-state index contributed by atoms with van der Waals surface area (Å²) in [5, 5.41) is 4.91. The molecule has 138 valence electrons. The molecule has 0 bridgehead atoms. The molecule has 0 aromatic heterocycles. The zero-order valence-electron chi connectivity index (χ0n) is 13.5. The molecular formula is C16H14Cl3N3O3S. The van der Waals surface area contributed by atoms with Gasteiger partial charge in [0.1, 0.15) is 0 Å². The van der Waals surface area contributed by atoms with Crippen molar-refractivity contribution in [1.29, 1.82) is 0 Å². The van der Waals surface area contributed by atoms with Crippen LogP contribution in [0.25, 0.3) is 0 Å². The van der Waals surface area contributed by atoms with E-state index in [9.17, 15) is 13.2 Å². The Balaban J connectivity index is 2.01. The van der Waals surface area contributed by atoms with Crippen LogP contribution in [0.5, 0.6) is 0 Å². The molecule has 0 radical (unpaired) electrons. The van der Waals surface area contributed by atoms with Gasteiger partial charge in [0.25, 0.3) is 5.91 Å². The van der Waals surface area contributed by atoms with Gasteiger partial charge in [0, 0.05) is 17.6 Å². The third-order valence-electron chi connectivity index (χ3n) is 3.27. The number of benzene rings is 2. The third kappa shape index (κ3) is 5.18. The smallest absolute Gasteiger partial charge is 0.255 e. The molecule has 10 heteroatoms. The summed E-state index contributed by atoms with van der Waals surface area (Å²) in [5.74, 6) is -0.621.